The van der Waals surface area contributed by atoms with Crippen molar-refractivity contribution in [3.63, 3.8) is 0 Å². The van der Waals surface area contributed by atoms with Gasteiger partial charge in [0.25, 0.3) is 0 Å². The molecule has 0 spiro atoms. The fraction of sp³-hybridized carbons (Fsp3) is 0.357. The first kappa shape index (κ1) is 12.6. The zero-order valence-corrected chi connectivity index (χ0v) is 11.2. The van der Waals surface area contributed by atoms with Crippen LogP contribution in [0.5, 0.6) is 0 Å². The van der Waals surface area contributed by atoms with E-state index in [1.54, 1.807) is 6.20 Å². The highest BCUT2D eigenvalue weighted by molar-refractivity contribution is 5.56. The fourth-order valence-corrected chi connectivity index (χ4v) is 2.39. The highest BCUT2D eigenvalue weighted by atomic mass is 16.5. The van der Waals surface area contributed by atoms with Gasteiger partial charge in [-0.3, -0.25) is 0 Å². The molecule has 6 heteroatoms. The number of aromatic nitrogens is 3. The Morgan fingerprint density at radius 1 is 1.55 bits per heavy atom. The number of rotatable bonds is 2. The number of nitrogen functional groups attached to an aromatic ring is 1. The van der Waals surface area contributed by atoms with Gasteiger partial charge in [-0.15, -0.1) is 0 Å². The lowest BCUT2D eigenvalue weighted by Gasteiger charge is -2.05. The number of ether oxygens (including phenoxy) is 1. The second-order valence-corrected chi connectivity index (χ2v) is 4.86. The molecule has 20 heavy (non-hydrogen) atoms. The lowest BCUT2D eigenvalue weighted by Crippen LogP contribution is -2.05. The molecule has 0 radical (unpaired) electrons. The van der Waals surface area contributed by atoms with Gasteiger partial charge in [-0.1, -0.05) is 0 Å². The first-order chi connectivity index (χ1) is 9.70. The van der Waals surface area contributed by atoms with Gasteiger partial charge in [0.2, 0.25) is 0 Å². The minimum absolute atomic E-state index is 0.141. The Bertz CT molecular complexity index is 679. The van der Waals surface area contributed by atoms with E-state index in [0.29, 0.717) is 29.5 Å². The summed E-state index contributed by atoms with van der Waals surface area (Å²) in [6, 6.07) is 5.91. The molecule has 0 aliphatic carbocycles. The van der Waals surface area contributed by atoms with Gasteiger partial charge in [-0.25, -0.2) is 4.98 Å². The second kappa shape index (κ2) is 4.94. The zero-order chi connectivity index (χ0) is 14.1. The van der Waals surface area contributed by atoms with Crippen molar-refractivity contribution in [2.75, 3.05) is 12.3 Å². The molecule has 0 amide bonds. The molecule has 6 nitrogen and oxygen atoms in total. The standard InChI is InChI=1S/C14H15N5O/c1-9-4-5-17-12(7-9)19-14(16)10(8-15)13(18-19)11-3-2-6-20-11/h4-5,7,11H,2-3,6,16H2,1H3/t11-/m1/s1. The molecule has 1 aliphatic heterocycles. The number of nitrogens with zero attached hydrogens (tertiary/aromatic N) is 4. The van der Waals surface area contributed by atoms with E-state index in [1.165, 1.54) is 4.68 Å². The van der Waals surface area contributed by atoms with E-state index in [2.05, 4.69) is 16.2 Å². The fourth-order valence-electron chi connectivity index (χ4n) is 2.39. The number of hydrogen-bond acceptors (Lipinski definition) is 5. The maximum absolute atomic E-state index is 9.32. The summed E-state index contributed by atoms with van der Waals surface area (Å²) in [4.78, 5) is 4.26. The maximum Gasteiger partial charge on any atom is 0.155 e. The molecule has 3 heterocycles. The van der Waals surface area contributed by atoms with Gasteiger partial charge in [0.1, 0.15) is 29.2 Å². The Morgan fingerprint density at radius 3 is 3.05 bits per heavy atom. The van der Waals surface area contributed by atoms with Crippen molar-refractivity contribution >= 4 is 5.82 Å². The molecule has 0 saturated carbocycles. The van der Waals surface area contributed by atoms with Crippen molar-refractivity contribution in [2.45, 2.75) is 25.9 Å². The SMILES string of the molecule is Cc1ccnc(-n2nc([C@H]3CCCO3)c(C#N)c2N)c1. The van der Waals surface area contributed by atoms with Gasteiger partial charge in [0.15, 0.2) is 5.82 Å². The number of pyridine rings is 1. The van der Waals surface area contributed by atoms with Gasteiger partial charge in [0.05, 0.1) is 0 Å². The third kappa shape index (κ3) is 2.02. The Kier molecular flexibility index (Phi) is 3.12. The molecular weight excluding hydrogens is 254 g/mol. The number of aryl methyl sites for hydroxylation is 1. The molecule has 102 valence electrons. The van der Waals surface area contributed by atoms with Crippen LogP contribution in [0.4, 0.5) is 5.82 Å². The molecule has 1 fully saturated rings. The number of hydrogen-bond donors (Lipinski definition) is 1. The van der Waals surface area contributed by atoms with E-state index in [9.17, 15) is 5.26 Å². The Hall–Kier alpha value is -2.39. The summed E-state index contributed by atoms with van der Waals surface area (Å²) >= 11 is 0. The minimum Gasteiger partial charge on any atom is -0.382 e. The van der Waals surface area contributed by atoms with Crippen molar-refractivity contribution in [1.82, 2.24) is 14.8 Å². The predicted molar refractivity (Wildman–Crippen MR) is 73.2 cm³/mol. The zero-order valence-electron chi connectivity index (χ0n) is 11.2. The summed E-state index contributed by atoms with van der Waals surface area (Å²) in [6.45, 7) is 2.67. The van der Waals surface area contributed by atoms with E-state index in [0.717, 1.165) is 18.4 Å². The van der Waals surface area contributed by atoms with Crippen molar-refractivity contribution in [3.05, 3.63) is 35.2 Å². The van der Waals surface area contributed by atoms with Crippen LogP contribution < -0.4 is 5.73 Å². The monoisotopic (exact) mass is 269 g/mol. The molecule has 3 rings (SSSR count). The Balaban J connectivity index is 2.11. The number of nitriles is 1. The van der Waals surface area contributed by atoms with Gasteiger partial charge in [-0.2, -0.15) is 15.0 Å². The van der Waals surface area contributed by atoms with Crippen LogP contribution in [-0.4, -0.2) is 21.4 Å². The number of nitrogens with two attached hydrogens (primary N) is 1. The normalized spacial score (nSPS) is 18.1. The number of anilines is 1. The quantitative estimate of drug-likeness (QED) is 0.899. The van der Waals surface area contributed by atoms with Crippen LogP contribution in [0, 0.1) is 18.3 Å². The van der Waals surface area contributed by atoms with Gasteiger partial charge < -0.3 is 10.5 Å². The Morgan fingerprint density at radius 2 is 2.40 bits per heavy atom. The van der Waals surface area contributed by atoms with E-state index < -0.39 is 0 Å². The highest BCUT2D eigenvalue weighted by Crippen LogP contribution is 2.32. The lowest BCUT2D eigenvalue weighted by molar-refractivity contribution is 0.108. The second-order valence-electron chi connectivity index (χ2n) is 4.86. The van der Waals surface area contributed by atoms with Gasteiger partial charge in [0, 0.05) is 12.8 Å². The maximum atomic E-state index is 9.32. The molecule has 1 saturated heterocycles. The first-order valence-electron chi connectivity index (χ1n) is 6.54. The average molecular weight is 269 g/mol. The summed E-state index contributed by atoms with van der Waals surface area (Å²) < 4.78 is 7.12. The third-order valence-electron chi connectivity index (χ3n) is 3.41. The molecule has 1 aliphatic rings. The highest BCUT2D eigenvalue weighted by Gasteiger charge is 2.27. The largest absolute Gasteiger partial charge is 0.382 e. The summed E-state index contributed by atoms with van der Waals surface area (Å²) in [5, 5.41) is 13.8. The van der Waals surface area contributed by atoms with Crippen LogP contribution in [-0.2, 0) is 4.74 Å². The van der Waals surface area contributed by atoms with E-state index in [-0.39, 0.29) is 6.10 Å². The first-order valence-corrected chi connectivity index (χ1v) is 6.54. The summed E-state index contributed by atoms with van der Waals surface area (Å²) in [7, 11) is 0. The predicted octanol–water partition coefficient (Wildman–Crippen LogP) is 1.88. The van der Waals surface area contributed by atoms with E-state index in [4.69, 9.17) is 10.5 Å². The van der Waals surface area contributed by atoms with Crippen LogP contribution in [0.15, 0.2) is 18.3 Å². The van der Waals surface area contributed by atoms with Crippen molar-refractivity contribution in [3.8, 4) is 11.9 Å². The minimum atomic E-state index is -0.141. The summed E-state index contributed by atoms with van der Waals surface area (Å²) in [6.07, 6.45) is 3.40. The molecule has 1 atom stereocenters. The van der Waals surface area contributed by atoms with Crippen molar-refractivity contribution < 1.29 is 4.74 Å². The van der Waals surface area contributed by atoms with Crippen LogP contribution in [0.1, 0.15) is 35.8 Å². The average Bonchev–Trinajstić information content (AvgIpc) is 3.05. The molecule has 2 aromatic rings. The van der Waals surface area contributed by atoms with Crippen molar-refractivity contribution in [1.29, 1.82) is 5.26 Å². The van der Waals surface area contributed by atoms with Crippen LogP contribution in [0.2, 0.25) is 0 Å². The van der Waals surface area contributed by atoms with Crippen molar-refractivity contribution in [2.24, 2.45) is 0 Å². The molecule has 0 aromatic carbocycles. The lowest BCUT2D eigenvalue weighted by atomic mass is 10.1. The topological polar surface area (TPSA) is 89.8 Å². The molecule has 2 N–H and O–H groups in total. The molecule has 2 aromatic heterocycles. The van der Waals surface area contributed by atoms with Crippen LogP contribution in [0.25, 0.3) is 5.82 Å². The van der Waals surface area contributed by atoms with E-state index in [1.807, 2.05) is 19.1 Å². The summed E-state index contributed by atoms with van der Waals surface area (Å²) in [5.74, 6) is 0.930. The third-order valence-corrected chi connectivity index (χ3v) is 3.41. The molecule has 0 unspecified atom stereocenters. The Labute approximate surface area is 116 Å². The van der Waals surface area contributed by atoms with E-state index >= 15 is 0 Å². The summed E-state index contributed by atoms with van der Waals surface area (Å²) in [5.41, 5.74) is 8.11. The van der Waals surface area contributed by atoms with Crippen LogP contribution >= 0.6 is 0 Å². The van der Waals surface area contributed by atoms with Crippen LogP contribution in [0.3, 0.4) is 0 Å². The van der Waals surface area contributed by atoms with Gasteiger partial charge >= 0.3 is 0 Å². The molecule has 0 bridgehead atoms. The molecular formula is C14H15N5O. The van der Waals surface area contributed by atoms with Gasteiger partial charge in [-0.05, 0) is 37.5 Å². The smallest absolute Gasteiger partial charge is 0.155 e.